The van der Waals surface area contributed by atoms with E-state index in [4.69, 9.17) is 18.9 Å². The molecule has 2 aliphatic heterocycles. The molecule has 0 saturated carbocycles. The summed E-state index contributed by atoms with van der Waals surface area (Å²) in [5.41, 5.74) is -1.62. The third-order valence-corrected chi connectivity index (χ3v) is 19.9. The first-order valence-electron chi connectivity index (χ1n) is 27.8. The summed E-state index contributed by atoms with van der Waals surface area (Å²) in [7, 11) is -108. The summed E-state index contributed by atoms with van der Waals surface area (Å²) in [6.45, 7) is -9.58. The predicted molar refractivity (Wildman–Crippen MR) is 344 cm³/mol. The molecular weight excluding hydrogens is 2050 g/mol. The fourth-order valence-corrected chi connectivity index (χ4v) is 16.3. The van der Waals surface area contributed by atoms with Crippen LogP contribution in [0.3, 0.4) is 0 Å². The number of rotatable bonds is 51. The van der Waals surface area contributed by atoms with E-state index in [2.05, 4.69) is 66.9 Å². The highest BCUT2D eigenvalue weighted by Gasteiger charge is 2.60. The maximum atomic E-state index is 15.2. The summed E-state index contributed by atoms with van der Waals surface area (Å²) in [5.74, 6) is -6.33. The van der Waals surface area contributed by atoms with E-state index in [1.54, 1.807) is 0 Å². The average Bonchev–Trinajstić information content (AvgIpc) is 0.764. The van der Waals surface area contributed by atoms with Crippen LogP contribution in [0.15, 0.2) is 24.3 Å². The van der Waals surface area contributed by atoms with Crippen molar-refractivity contribution in [3.63, 3.8) is 0 Å². The molecule has 2 aliphatic rings. The number of ether oxygens (including phenoxy) is 4. The maximum absolute atomic E-state index is 15.2. The van der Waals surface area contributed by atoms with Crippen LogP contribution in [-0.2, 0) is 262 Å². The number of hydrogen-bond donors (Lipinski definition) is 18. The van der Waals surface area contributed by atoms with Gasteiger partial charge >= 0.3 is 166 Å². The molecule has 2 fully saturated rings. The first-order valence-corrected chi connectivity index (χ1v) is 49.6. The number of amides is 2. The van der Waals surface area contributed by atoms with E-state index >= 15 is 9.59 Å². The quantitative estimate of drug-likeness (QED) is 0.0213. The SMILES string of the molecule is Cc1cccc(C(NC(=O)[C@H](OS(=O)(=O)O)[C@@H](OS(=O)(=O)O)[C@H](O[C@@H]2O[C@H](COS(=O)(=O)O)[C@H](OS(=O)(=O)O)[C@H](OS(=O)(=O)O)[C@H]2OS(=O)(=O)O)[C@@H](COS(=O)(=O)O)OS(=O)(=O)O)NC(=O)[C@H](OS(=O)(=O)O)[C@@H](OS(=O)(=O)O)[C@H](O[C@@H]2O[C@H](COS(=O)(=O)O)[C@H](OS(=O)(=O)O)[C@H](OS(=O)(=O)O)[C@H]2OS(=O)(=O)O)[C@@H](COS(=O)(=O)O)OS(=O)(=O)O)c1. The molecule has 88 heteroatoms. The van der Waals surface area contributed by atoms with Gasteiger partial charge in [-0.1, -0.05) is 29.8 Å². The van der Waals surface area contributed by atoms with E-state index in [1.807, 2.05) is 0 Å². The van der Waals surface area contributed by atoms with Gasteiger partial charge in [0.05, 0.1) is 26.4 Å². The van der Waals surface area contributed by atoms with Gasteiger partial charge in [-0.05, 0) is 12.5 Å². The topological polar surface area (TPSA) is 1110 Å². The zero-order chi connectivity index (χ0) is 93.5. The highest BCUT2D eigenvalue weighted by Crippen LogP contribution is 2.38. The van der Waals surface area contributed by atoms with Crippen molar-refractivity contribution in [1.82, 2.24) is 10.6 Å². The van der Waals surface area contributed by atoms with Crippen molar-refractivity contribution in [2.45, 2.75) is 123 Å². The average molecular weight is 2100 g/mol. The van der Waals surface area contributed by atoms with E-state index < -0.39 is 332 Å². The summed E-state index contributed by atoms with van der Waals surface area (Å²) >= 11 is 0. The Labute approximate surface area is 672 Å². The lowest BCUT2D eigenvalue weighted by Crippen LogP contribution is -2.66. The van der Waals surface area contributed by atoms with Crippen molar-refractivity contribution in [2.75, 3.05) is 26.4 Å². The summed E-state index contributed by atoms with van der Waals surface area (Å²) in [6.07, 6.45) is -77.9. The second-order valence-corrected chi connectivity index (χ2v) is 38.4. The smallest absolute Gasteiger partial charge is 0.341 e. The minimum Gasteiger partial charge on any atom is -0.341 e. The largest absolute Gasteiger partial charge is 0.398 e. The van der Waals surface area contributed by atoms with Gasteiger partial charge in [-0.15, -0.1) is 0 Å². The molecule has 3 rings (SSSR count). The highest BCUT2D eigenvalue weighted by molar-refractivity contribution is 7.84. The third-order valence-electron chi connectivity index (χ3n) is 12.5. The third kappa shape index (κ3) is 43.9. The van der Waals surface area contributed by atoms with Crippen molar-refractivity contribution < 1.29 is 303 Å². The van der Waals surface area contributed by atoms with Gasteiger partial charge in [0.1, 0.15) is 79.4 Å². The Morgan fingerprint density at radius 2 is 0.583 bits per heavy atom. The molecule has 2 amide bonds. The zero-order valence-corrected chi connectivity index (χ0v) is 68.9. The van der Waals surface area contributed by atoms with Crippen molar-refractivity contribution in [3.8, 4) is 0 Å². The number of carbonyl (C=O) groups excluding carboxylic acids is 2. The van der Waals surface area contributed by atoms with E-state index in [0.717, 1.165) is 13.0 Å². The molecule has 0 bridgehead atoms. The molecule has 18 N–H and O–H groups in total. The van der Waals surface area contributed by atoms with E-state index in [9.17, 15) is 208 Å². The monoisotopic (exact) mass is 2100 g/mol. The summed E-state index contributed by atoms with van der Waals surface area (Å²) in [4.78, 5) is 30.4. The molecule has 1 aromatic carbocycles. The number of benzene rings is 1. The fraction of sp³-hybridized carbons (Fsp3) is 0.750. The van der Waals surface area contributed by atoms with Gasteiger partial charge in [0, 0.05) is 0 Å². The van der Waals surface area contributed by atoms with Gasteiger partial charge in [-0.3, -0.25) is 82.4 Å². The molecule has 0 radical (unpaired) electrons. The summed E-state index contributed by atoms with van der Waals surface area (Å²) in [6, 6.07) is 2.41. The van der Waals surface area contributed by atoms with Crippen molar-refractivity contribution in [3.05, 3.63) is 35.4 Å². The zero-order valence-electron chi connectivity index (χ0n) is 55.8. The maximum Gasteiger partial charge on any atom is 0.398 e. The first-order chi connectivity index (χ1) is 53.1. The Balaban J connectivity index is 2.84. The first kappa shape index (κ1) is 110. The molecule has 0 aromatic heterocycles. The molecule has 72 nitrogen and oxygen atoms in total. The van der Waals surface area contributed by atoms with Crippen LogP contribution < -0.4 is 10.6 Å². The molecule has 2 saturated heterocycles. The standard InChI is InChI=1S/C32H52N2O70S16/c1-10-3-2-4-11(5-10)28(33-29(35)24(101-117(73,74)75)20(97-113(61,62)63)16(14(93-109(49,50)51)8-87-107(43,44)45)91-31-26(103-119(79,80)81)22(99-115(67,68)69)18(95-111(55,56)57)12(89-31)6-85-105(37,38)39)34-30(36)25(102-118(76,77)78)21(98-114(64,65)66)17(15(94-110(52,53)54)9-88-108(46,47)48)92-32-27(104-120(82,83)84)23(100-116(70,71)72)19(96-112(58,59)60)13(90-32)7-86-106(40,41)42/h2-5,12-28,31-32H,6-9H2,1H3,(H,33,35)(H,34,36)(H,37,38,39)(H,40,41,42)(H,43,44,45)(H,46,47,48)(H,49,50,51)(H,52,53,54)(H,55,56,57)(H,58,59,60)(H,61,62,63)(H,64,65,66)(H,67,68,69)(H,70,71,72)(H,73,74,75)(H,76,77,78)(H,79,80,81)(H,82,83,84)/t12-,13-,14-,15-,16-,17-,18+,19+,20+,21+,22+,23+,24-,25-,26-,27-,31+,32+/m1/s1. The molecule has 706 valence electrons. The predicted octanol–water partition coefficient (Wildman–Crippen LogP) is -13.0. The van der Waals surface area contributed by atoms with E-state index in [-0.39, 0.29) is 0 Å². The van der Waals surface area contributed by atoms with Crippen molar-refractivity contribution in [1.29, 1.82) is 0 Å². The Hall–Kier alpha value is -4.08. The van der Waals surface area contributed by atoms with Gasteiger partial charge in [-0.2, -0.15) is 135 Å². The second-order valence-electron chi connectivity index (χ2n) is 21.4. The second kappa shape index (κ2) is 40.9. The van der Waals surface area contributed by atoms with Crippen molar-refractivity contribution in [2.24, 2.45) is 0 Å². The lowest BCUT2D eigenvalue weighted by molar-refractivity contribution is -0.312. The Kier molecular flexibility index (Phi) is 37.5. The van der Waals surface area contributed by atoms with Gasteiger partial charge in [0.2, 0.25) is 0 Å². The van der Waals surface area contributed by atoms with Crippen LogP contribution in [0, 0.1) is 6.92 Å². The number of hydrogen-bond acceptors (Lipinski definition) is 54. The lowest BCUT2D eigenvalue weighted by Gasteiger charge is -2.45. The Bertz CT molecular complexity index is 5450. The minimum absolute atomic E-state index is 0.391. The van der Waals surface area contributed by atoms with Crippen LogP contribution in [0.1, 0.15) is 17.3 Å². The molecule has 120 heavy (non-hydrogen) atoms. The van der Waals surface area contributed by atoms with E-state index in [0.29, 0.717) is 18.2 Å². The fourth-order valence-electron chi connectivity index (χ4n) is 9.18. The highest BCUT2D eigenvalue weighted by atomic mass is 32.3. The Morgan fingerprint density at radius 1 is 0.325 bits per heavy atom. The van der Waals surface area contributed by atoms with Gasteiger partial charge < -0.3 is 29.6 Å². The number of carbonyl (C=O) groups is 2. The molecule has 2 heterocycles. The van der Waals surface area contributed by atoms with Gasteiger partial charge in [-0.25, -0.2) is 66.9 Å². The lowest BCUT2D eigenvalue weighted by atomic mass is 9.98. The molecule has 18 atom stereocenters. The number of aryl methyl sites for hydroxylation is 1. The molecular formula is C32H52N2O70S16. The molecule has 0 unspecified atom stereocenters. The molecule has 1 aromatic rings. The number of nitrogens with one attached hydrogen (secondary N) is 2. The molecule has 0 aliphatic carbocycles. The van der Waals surface area contributed by atoms with Crippen LogP contribution in [0.25, 0.3) is 0 Å². The van der Waals surface area contributed by atoms with Crippen LogP contribution in [0.4, 0.5) is 0 Å². The van der Waals surface area contributed by atoms with Crippen LogP contribution in [-0.4, -0.2) is 356 Å². The summed E-state index contributed by atoms with van der Waals surface area (Å²) in [5, 5.41) is 2.34. The summed E-state index contributed by atoms with van der Waals surface area (Å²) < 4.78 is 640. The van der Waals surface area contributed by atoms with Crippen LogP contribution >= 0.6 is 0 Å². The van der Waals surface area contributed by atoms with Crippen molar-refractivity contribution >= 4 is 178 Å². The normalized spacial score (nSPS) is 23.8. The van der Waals surface area contributed by atoms with Crippen LogP contribution in [0.2, 0.25) is 0 Å². The van der Waals surface area contributed by atoms with Gasteiger partial charge in [0.25, 0.3) is 11.8 Å². The molecule has 0 spiro atoms. The minimum atomic E-state index is -7.19. The van der Waals surface area contributed by atoms with Gasteiger partial charge in [0.15, 0.2) is 37.0 Å². The van der Waals surface area contributed by atoms with E-state index in [1.165, 1.54) is 10.6 Å². The van der Waals surface area contributed by atoms with Crippen LogP contribution in [0.5, 0.6) is 0 Å². The Morgan fingerprint density at radius 3 is 0.825 bits per heavy atom.